The summed E-state index contributed by atoms with van der Waals surface area (Å²) in [6, 6.07) is -0.580. The van der Waals surface area contributed by atoms with Gasteiger partial charge in [0.25, 0.3) is 0 Å². The lowest BCUT2D eigenvalue weighted by molar-refractivity contribution is 0.161. The summed E-state index contributed by atoms with van der Waals surface area (Å²) in [5.74, 6) is 0. The van der Waals surface area contributed by atoms with Crippen LogP contribution in [0.2, 0.25) is 0 Å². The first-order chi connectivity index (χ1) is 5.37. The van der Waals surface area contributed by atoms with Gasteiger partial charge >= 0.3 is 10.3 Å². The molecular weight excluding hydrogens is 187 g/mol. The maximum Gasteiger partial charge on any atom is 0.333 e. The molecule has 2 N–H and O–H groups in total. The molecule has 0 unspecified atom stereocenters. The Morgan fingerprint density at radius 3 is 2.33 bits per heavy atom. The van der Waals surface area contributed by atoms with Crippen LogP contribution in [0.15, 0.2) is 0 Å². The molecule has 0 fully saturated rings. The van der Waals surface area contributed by atoms with E-state index in [1.54, 1.807) is 14.1 Å². The van der Waals surface area contributed by atoms with Crippen molar-refractivity contribution in [2.75, 3.05) is 27.4 Å². The van der Waals surface area contributed by atoms with Gasteiger partial charge in [0.05, 0.1) is 12.6 Å². The van der Waals surface area contributed by atoms with Crippen molar-refractivity contribution in [1.82, 2.24) is 4.90 Å². The van der Waals surface area contributed by atoms with Gasteiger partial charge in [-0.2, -0.15) is 8.42 Å². The van der Waals surface area contributed by atoms with Crippen LogP contribution in [0.5, 0.6) is 0 Å². The first-order valence-electron chi connectivity index (χ1n) is 3.26. The summed E-state index contributed by atoms with van der Waals surface area (Å²) in [6.07, 6.45) is 0. The average Bonchev–Trinajstić information content (AvgIpc) is 1.85. The number of halogens is 1. The highest BCUT2D eigenvalue weighted by Crippen LogP contribution is 1.96. The third kappa shape index (κ3) is 5.42. The molecule has 0 aromatic heterocycles. The largest absolute Gasteiger partial charge is 0.333 e. The molecule has 0 aliphatic carbocycles. The number of likely N-dealkylation sites (N-methyl/N-ethyl adjacent to an activating group) is 1. The SMILES string of the molecule is CN(C)[C@H](CF)COS(N)(=O)=O. The first kappa shape index (κ1) is 11.8. The Morgan fingerprint density at radius 2 is 2.08 bits per heavy atom. The van der Waals surface area contributed by atoms with Gasteiger partial charge < -0.3 is 4.90 Å². The Kier molecular flexibility index (Phi) is 4.61. The summed E-state index contributed by atoms with van der Waals surface area (Å²) in [7, 11) is -0.713. The van der Waals surface area contributed by atoms with E-state index in [2.05, 4.69) is 9.32 Å². The highest BCUT2D eigenvalue weighted by atomic mass is 32.2. The standard InChI is InChI=1S/C5H13FN2O3S/c1-8(2)5(3-6)4-11-12(7,9)10/h5H,3-4H2,1-2H3,(H2,7,9,10)/t5-/m1/s1. The zero-order chi connectivity index (χ0) is 9.78. The molecule has 74 valence electrons. The Hall–Kier alpha value is -0.240. The molecule has 1 atom stereocenters. The Balaban J connectivity index is 3.90. The highest BCUT2D eigenvalue weighted by Gasteiger charge is 2.14. The molecule has 0 spiro atoms. The molecule has 0 aromatic carbocycles. The van der Waals surface area contributed by atoms with E-state index >= 15 is 0 Å². The molecule has 0 aliphatic rings. The van der Waals surface area contributed by atoms with Crippen LogP contribution in [-0.4, -0.2) is 46.7 Å². The number of nitrogens with two attached hydrogens (primary N) is 1. The van der Waals surface area contributed by atoms with Crippen molar-refractivity contribution in [1.29, 1.82) is 0 Å². The summed E-state index contributed by atoms with van der Waals surface area (Å²) in [4.78, 5) is 1.52. The number of hydrogen-bond acceptors (Lipinski definition) is 4. The van der Waals surface area contributed by atoms with E-state index in [9.17, 15) is 12.8 Å². The molecule has 0 heterocycles. The summed E-state index contributed by atoms with van der Waals surface area (Å²) in [6.45, 7) is -0.940. The van der Waals surface area contributed by atoms with Crippen LogP contribution in [0.3, 0.4) is 0 Å². The van der Waals surface area contributed by atoms with Crippen LogP contribution in [-0.2, 0) is 14.5 Å². The maximum absolute atomic E-state index is 12.1. The van der Waals surface area contributed by atoms with Crippen LogP contribution in [0.1, 0.15) is 0 Å². The molecule has 0 radical (unpaired) electrons. The van der Waals surface area contributed by atoms with Gasteiger partial charge in [0.2, 0.25) is 0 Å². The molecule has 0 saturated carbocycles. The molecule has 5 nitrogen and oxygen atoms in total. The van der Waals surface area contributed by atoms with Crippen LogP contribution in [0.4, 0.5) is 4.39 Å². The van der Waals surface area contributed by atoms with Gasteiger partial charge in [0.1, 0.15) is 6.67 Å². The third-order valence-electron chi connectivity index (χ3n) is 1.33. The zero-order valence-electron chi connectivity index (χ0n) is 7.03. The van der Waals surface area contributed by atoms with Crippen molar-refractivity contribution in [3.8, 4) is 0 Å². The number of rotatable bonds is 5. The van der Waals surface area contributed by atoms with E-state index < -0.39 is 23.0 Å². The molecule has 0 amide bonds. The number of alkyl halides is 1. The summed E-state index contributed by atoms with van der Waals surface area (Å²) in [5.41, 5.74) is 0. The number of nitrogens with zero attached hydrogens (tertiary/aromatic N) is 1. The van der Waals surface area contributed by atoms with Crippen LogP contribution >= 0.6 is 0 Å². The summed E-state index contributed by atoms with van der Waals surface area (Å²) in [5, 5.41) is 4.55. The minimum absolute atomic E-state index is 0.262. The second-order valence-corrected chi connectivity index (χ2v) is 3.77. The van der Waals surface area contributed by atoms with Crippen LogP contribution in [0.25, 0.3) is 0 Å². The van der Waals surface area contributed by atoms with Gasteiger partial charge in [0, 0.05) is 0 Å². The normalized spacial score (nSPS) is 15.1. The predicted molar refractivity (Wildman–Crippen MR) is 42.5 cm³/mol. The van der Waals surface area contributed by atoms with Crippen molar-refractivity contribution in [3.63, 3.8) is 0 Å². The fourth-order valence-corrected chi connectivity index (χ4v) is 0.852. The summed E-state index contributed by atoms with van der Waals surface area (Å²) >= 11 is 0. The topological polar surface area (TPSA) is 72.6 Å². The van der Waals surface area contributed by atoms with Gasteiger partial charge in [-0.25, -0.2) is 9.53 Å². The minimum Gasteiger partial charge on any atom is -0.302 e. The fraction of sp³-hybridized carbons (Fsp3) is 1.00. The van der Waals surface area contributed by atoms with Crippen molar-refractivity contribution in [2.24, 2.45) is 5.14 Å². The van der Waals surface area contributed by atoms with Crippen molar-refractivity contribution in [2.45, 2.75) is 6.04 Å². The zero-order valence-corrected chi connectivity index (χ0v) is 7.84. The molecule has 7 heteroatoms. The maximum atomic E-state index is 12.1. The number of hydrogen-bond donors (Lipinski definition) is 1. The average molecular weight is 200 g/mol. The Morgan fingerprint density at radius 1 is 1.58 bits per heavy atom. The van der Waals surface area contributed by atoms with Crippen LogP contribution < -0.4 is 5.14 Å². The van der Waals surface area contributed by atoms with E-state index in [1.807, 2.05) is 0 Å². The van der Waals surface area contributed by atoms with Crippen molar-refractivity contribution < 1.29 is 17.0 Å². The van der Waals surface area contributed by atoms with Crippen molar-refractivity contribution in [3.05, 3.63) is 0 Å². The van der Waals surface area contributed by atoms with E-state index in [0.29, 0.717) is 0 Å². The fourth-order valence-electron chi connectivity index (χ4n) is 0.505. The first-order valence-corrected chi connectivity index (χ1v) is 4.73. The molecule has 0 rings (SSSR count). The van der Waals surface area contributed by atoms with E-state index in [4.69, 9.17) is 0 Å². The Bertz CT molecular complexity index is 217. The molecule has 0 saturated heterocycles. The lowest BCUT2D eigenvalue weighted by Crippen LogP contribution is -2.36. The lowest BCUT2D eigenvalue weighted by atomic mass is 10.3. The molecule has 0 bridgehead atoms. The predicted octanol–water partition coefficient (Wildman–Crippen LogP) is -0.894. The van der Waals surface area contributed by atoms with Crippen molar-refractivity contribution >= 4 is 10.3 Å². The van der Waals surface area contributed by atoms with Crippen LogP contribution in [0, 0.1) is 0 Å². The van der Waals surface area contributed by atoms with E-state index in [0.717, 1.165) is 0 Å². The molecular formula is C5H13FN2O3S. The van der Waals surface area contributed by atoms with E-state index in [-0.39, 0.29) is 6.61 Å². The Labute approximate surface area is 71.5 Å². The van der Waals surface area contributed by atoms with Gasteiger partial charge in [-0.3, -0.25) is 4.18 Å². The summed E-state index contributed by atoms with van der Waals surface area (Å²) < 4.78 is 36.9. The monoisotopic (exact) mass is 200 g/mol. The van der Waals surface area contributed by atoms with Gasteiger partial charge in [-0.1, -0.05) is 0 Å². The second kappa shape index (κ2) is 4.70. The molecule has 12 heavy (non-hydrogen) atoms. The third-order valence-corrected chi connectivity index (χ3v) is 1.80. The molecule has 0 aromatic rings. The van der Waals surface area contributed by atoms with Gasteiger partial charge in [0.15, 0.2) is 0 Å². The lowest BCUT2D eigenvalue weighted by Gasteiger charge is -2.19. The highest BCUT2D eigenvalue weighted by molar-refractivity contribution is 7.84. The molecule has 0 aliphatic heterocycles. The van der Waals surface area contributed by atoms with Gasteiger partial charge in [-0.15, -0.1) is 0 Å². The minimum atomic E-state index is -3.96. The smallest absolute Gasteiger partial charge is 0.302 e. The quantitative estimate of drug-likeness (QED) is 0.624. The van der Waals surface area contributed by atoms with E-state index in [1.165, 1.54) is 4.90 Å². The second-order valence-electron chi connectivity index (χ2n) is 2.55. The van der Waals surface area contributed by atoms with Gasteiger partial charge in [-0.05, 0) is 14.1 Å².